The molecule has 0 amide bonds. The largest absolute Gasteiger partial charge is 0.493 e. The van der Waals surface area contributed by atoms with E-state index >= 15 is 0 Å². The van der Waals surface area contributed by atoms with Crippen molar-refractivity contribution >= 4 is 5.52 Å². The van der Waals surface area contributed by atoms with Gasteiger partial charge in [-0.1, -0.05) is 43.3 Å². The molecule has 2 aromatic heterocycles. The lowest BCUT2D eigenvalue weighted by molar-refractivity contribution is 0.354. The van der Waals surface area contributed by atoms with Crippen molar-refractivity contribution in [3.8, 4) is 11.5 Å². The minimum absolute atomic E-state index is 0.166. The highest BCUT2D eigenvalue weighted by Gasteiger charge is 2.21. The van der Waals surface area contributed by atoms with Crippen LogP contribution in [0.15, 0.2) is 53.3 Å². The van der Waals surface area contributed by atoms with Gasteiger partial charge >= 0.3 is 0 Å². The third-order valence-electron chi connectivity index (χ3n) is 6.29. The monoisotopic (exact) mass is 460 g/mol. The number of aromatic amines is 1. The van der Waals surface area contributed by atoms with E-state index < -0.39 is 0 Å². The molecule has 4 aromatic rings. The van der Waals surface area contributed by atoms with Crippen molar-refractivity contribution in [2.75, 3.05) is 14.2 Å². The van der Waals surface area contributed by atoms with Crippen LogP contribution in [0.5, 0.6) is 11.5 Å². The molecule has 0 aliphatic heterocycles. The molecule has 0 aliphatic carbocycles. The molecule has 178 valence electrons. The maximum Gasteiger partial charge on any atom is 0.277 e. The van der Waals surface area contributed by atoms with Gasteiger partial charge in [0.05, 0.1) is 19.9 Å². The Bertz CT molecular complexity index is 1310. The van der Waals surface area contributed by atoms with Crippen molar-refractivity contribution in [3.05, 3.63) is 87.4 Å². The van der Waals surface area contributed by atoms with Gasteiger partial charge in [0.2, 0.25) is 0 Å². The topological polar surface area (TPSA) is 81.5 Å². The van der Waals surface area contributed by atoms with Gasteiger partial charge in [-0.15, -0.1) is 0 Å². The fourth-order valence-electron chi connectivity index (χ4n) is 4.48. The molecule has 7 heteroatoms. The number of nitrogens with zero attached hydrogens (tertiary/aromatic N) is 3. The highest BCUT2D eigenvalue weighted by Crippen LogP contribution is 2.29. The average Bonchev–Trinajstić information content (AvgIpc) is 3.18. The van der Waals surface area contributed by atoms with Crippen molar-refractivity contribution in [2.45, 2.75) is 51.9 Å². The number of ether oxygens (including phenoxy) is 2. The van der Waals surface area contributed by atoms with Gasteiger partial charge in [0.15, 0.2) is 17.0 Å². The quantitative estimate of drug-likeness (QED) is 0.366. The second-order valence-corrected chi connectivity index (χ2v) is 8.57. The lowest BCUT2D eigenvalue weighted by atomic mass is 9.96. The molecule has 2 aromatic carbocycles. The fourth-order valence-corrected chi connectivity index (χ4v) is 4.48. The first kappa shape index (κ1) is 23.5. The number of hydrogen-bond acceptors (Lipinski definition) is 5. The molecule has 0 aliphatic rings. The Morgan fingerprint density at radius 2 is 1.79 bits per heavy atom. The van der Waals surface area contributed by atoms with E-state index in [9.17, 15) is 4.79 Å². The van der Waals surface area contributed by atoms with Gasteiger partial charge in [-0.05, 0) is 55.9 Å². The number of aromatic nitrogens is 4. The number of rotatable bonds is 10. The maximum absolute atomic E-state index is 13.0. The molecule has 0 fully saturated rings. The molecule has 34 heavy (non-hydrogen) atoms. The van der Waals surface area contributed by atoms with E-state index in [2.05, 4.69) is 36.2 Å². The Balaban J connectivity index is 1.61. The first-order valence-electron chi connectivity index (χ1n) is 11.8. The summed E-state index contributed by atoms with van der Waals surface area (Å²) >= 11 is 0. The van der Waals surface area contributed by atoms with Gasteiger partial charge in [-0.25, -0.2) is 9.50 Å². The molecule has 1 unspecified atom stereocenters. The van der Waals surface area contributed by atoms with E-state index in [1.807, 2.05) is 31.2 Å². The van der Waals surface area contributed by atoms with E-state index in [1.54, 1.807) is 18.7 Å². The molecular weight excluding hydrogens is 428 g/mol. The van der Waals surface area contributed by atoms with E-state index in [4.69, 9.17) is 19.6 Å². The molecule has 0 bridgehead atoms. The first-order chi connectivity index (χ1) is 16.5. The number of aryl methyl sites for hydroxylation is 2. The number of imidazole rings is 1. The standard InChI is InChI=1S/C27H32N4O3/c1-5-21(13-9-12-19-10-7-6-8-11-19)26-28-18(2)25-27(32)29-24(30-31(25)26)17-20-14-15-22(33-3)23(16-20)34-4/h6-8,10-11,14-16,21H,5,9,12-13,17H2,1-4H3,(H,29,30,32). The summed E-state index contributed by atoms with van der Waals surface area (Å²) in [6, 6.07) is 16.2. The minimum atomic E-state index is -0.166. The Kier molecular flexibility index (Phi) is 7.30. The second-order valence-electron chi connectivity index (χ2n) is 8.57. The predicted octanol–water partition coefficient (Wildman–Crippen LogP) is 4.85. The van der Waals surface area contributed by atoms with E-state index in [1.165, 1.54) is 5.56 Å². The molecule has 0 spiro atoms. The Labute approximate surface area is 199 Å². The zero-order chi connectivity index (χ0) is 24.1. The van der Waals surface area contributed by atoms with Crippen molar-refractivity contribution in [1.29, 1.82) is 0 Å². The van der Waals surface area contributed by atoms with Gasteiger partial charge in [0, 0.05) is 12.3 Å². The second kappa shape index (κ2) is 10.5. The number of methoxy groups -OCH3 is 2. The first-order valence-corrected chi connectivity index (χ1v) is 11.8. The summed E-state index contributed by atoms with van der Waals surface area (Å²) in [6.45, 7) is 4.04. The lowest BCUT2D eigenvalue weighted by Gasteiger charge is -2.14. The van der Waals surface area contributed by atoms with Crippen LogP contribution in [0.3, 0.4) is 0 Å². The predicted molar refractivity (Wildman–Crippen MR) is 133 cm³/mol. The molecule has 7 nitrogen and oxygen atoms in total. The molecule has 0 saturated carbocycles. The van der Waals surface area contributed by atoms with Crippen LogP contribution >= 0.6 is 0 Å². The minimum Gasteiger partial charge on any atom is -0.493 e. The summed E-state index contributed by atoms with van der Waals surface area (Å²) in [7, 11) is 3.22. The van der Waals surface area contributed by atoms with Gasteiger partial charge < -0.3 is 14.5 Å². The molecular formula is C27H32N4O3. The van der Waals surface area contributed by atoms with Gasteiger partial charge in [0.1, 0.15) is 11.6 Å². The summed E-state index contributed by atoms with van der Waals surface area (Å²) in [5.41, 5.74) is 3.37. The molecule has 0 radical (unpaired) electrons. The summed E-state index contributed by atoms with van der Waals surface area (Å²) in [5, 5.41) is 4.81. The Morgan fingerprint density at radius 1 is 1.03 bits per heavy atom. The highest BCUT2D eigenvalue weighted by molar-refractivity contribution is 5.50. The van der Waals surface area contributed by atoms with Gasteiger partial charge in [-0.3, -0.25) is 4.79 Å². The van der Waals surface area contributed by atoms with Crippen molar-refractivity contribution in [3.63, 3.8) is 0 Å². The number of fused-ring (bicyclic) bond motifs is 1. The van der Waals surface area contributed by atoms with Crippen LogP contribution in [-0.4, -0.2) is 33.8 Å². The van der Waals surface area contributed by atoms with E-state index in [-0.39, 0.29) is 11.5 Å². The summed E-state index contributed by atoms with van der Waals surface area (Å²) in [5.74, 6) is 2.99. The van der Waals surface area contributed by atoms with Crippen LogP contribution in [0.4, 0.5) is 0 Å². The number of nitrogens with one attached hydrogen (secondary N) is 1. The Morgan fingerprint density at radius 3 is 2.50 bits per heavy atom. The van der Waals surface area contributed by atoms with Crippen molar-refractivity contribution in [1.82, 2.24) is 19.6 Å². The van der Waals surface area contributed by atoms with Gasteiger partial charge in [-0.2, -0.15) is 5.10 Å². The highest BCUT2D eigenvalue weighted by atomic mass is 16.5. The Hall–Kier alpha value is -3.61. The summed E-state index contributed by atoms with van der Waals surface area (Å²) < 4.78 is 12.5. The molecule has 2 heterocycles. The maximum atomic E-state index is 13.0. The fraction of sp³-hybridized carbons (Fsp3) is 0.370. The average molecular weight is 461 g/mol. The van der Waals surface area contributed by atoms with Crippen LogP contribution in [0.2, 0.25) is 0 Å². The normalized spacial score (nSPS) is 12.1. The molecule has 1 atom stereocenters. The molecule has 1 N–H and O–H groups in total. The van der Waals surface area contributed by atoms with Crippen molar-refractivity contribution < 1.29 is 9.47 Å². The zero-order valence-corrected chi connectivity index (χ0v) is 20.3. The number of H-pyrrole nitrogens is 1. The van der Waals surface area contributed by atoms with Crippen LogP contribution in [-0.2, 0) is 12.8 Å². The van der Waals surface area contributed by atoms with Gasteiger partial charge in [0.25, 0.3) is 5.56 Å². The van der Waals surface area contributed by atoms with Crippen LogP contribution in [0.1, 0.15) is 60.6 Å². The van der Waals surface area contributed by atoms with Crippen LogP contribution < -0.4 is 15.0 Å². The van der Waals surface area contributed by atoms with E-state index in [0.717, 1.165) is 37.1 Å². The third kappa shape index (κ3) is 4.98. The lowest BCUT2D eigenvalue weighted by Crippen LogP contribution is -2.18. The summed E-state index contributed by atoms with van der Waals surface area (Å²) in [4.78, 5) is 20.7. The summed E-state index contributed by atoms with van der Waals surface area (Å²) in [6.07, 6.45) is 4.47. The smallest absolute Gasteiger partial charge is 0.277 e. The zero-order valence-electron chi connectivity index (χ0n) is 20.3. The van der Waals surface area contributed by atoms with Crippen LogP contribution in [0.25, 0.3) is 5.52 Å². The molecule has 0 saturated heterocycles. The van der Waals surface area contributed by atoms with E-state index in [0.29, 0.717) is 35.0 Å². The third-order valence-corrected chi connectivity index (χ3v) is 6.29. The molecule has 4 rings (SSSR count). The van der Waals surface area contributed by atoms with Crippen LogP contribution in [0, 0.1) is 6.92 Å². The number of hydrogen-bond donors (Lipinski definition) is 1. The number of benzene rings is 2. The van der Waals surface area contributed by atoms with Crippen molar-refractivity contribution in [2.24, 2.45) is 0 Å². The SMILES string of the molecule is CCC(CCCc1ccccc1)c1nc(C)c2c(=O)[nH]c(Cc3ccc(OC)c(OC)c3)nn12.